The number of hydrogen-bond donors (Lipinski definition) is 0. The Balaban J connectivity index is 2.56. The number of piperidine rings is 1. The van der Waals surface area contributed by atoms with Crippen LogP contribution < -0.4 is 0 Å². The molecular formula is C14H28N2. The Bertz CT molecular complexity index is 219. The first kappa shape index (κ1) is 13.6. The van der Waals surface area contributed by atoms with E-state index in [0.717, 1.165) is 13.1 Å². The fourth-order valence-corrected chi connectivity index (χ4v) is 2.64. The van der Waals surface area contributed by atoms with E-state index in [9.17, 15) is 0 Å². The van der Waals surface area contributed by atoms with Crippen LogP contribution in [0.1, 0.15) is 40.5 Å². The quantitative estimate of drug-likeness (QED) is 0.708. The van der Waals surface area contributed by atoms with Gasteiger partial charge in [0.1, 0.15) is 0 Å². The van der Waals surface area contributed by atoms with Crippen molar-refractivity contribution in [2.24, 2.45) is 5.92 Å². The molecule has 16 heavy (non-hydrogen) atoms. The Kier molecular flexibility index (Phi) is 5.33. The second-order valence-electron chi connectivity index (χ2n) is 5.09. The van der Waals surface area contributed by atoms with E-state index < -0.39 is 0 Å². The summed E-state index contributed by atoms with van der Waals surface area (Å²) in [4.78, 5) is 5.00. The van der Waals surface area contributed by atoms with Gasteiger partial charge in [-0.05, 0) is 47.1 Å². The molecule has 2 nitrogen and oxygen atoms in total. The smallest absolute Gasteiger partial charge is 0.0146 e. The first-order valence-electron chi connectivity index (χ1n) is 6.77. The van der Waals surface area contributed by atoms with Crippen LogP contribution >= 0.6 is 0 Å². The minimum atomic E-state index is 0.673. The van der Waals surface area contributed by atoms with Crippen LogP contribution in [0.2, 0.25) is 0 Å². The second-order valence-corrected chi connectivity index (χ2v) is 5.09. The van der Waals surface area contributed by atoms with Crippen LogP contribution in [0.3, 0.4) is 0 Å². The lowest BCUT2D eigenvalue weighted by molar-refractivity contribution is 0.138. The minimum Gasteiger partial charge on any atom is -0.376 e. The second kappa shape index (κ2) is 6.29. The summed E-state index contributed by atoms with van der Waals surface area (Å²) < 4.78 is 0. The van der Waals surface area contributed by atoms with Gasteiger partial charge >= 0.3 is 0 Å². The van der Waals surface area contributed by atoms with Crippen molar-refractivity contribution in [3.63, 3.8) is 0 Å². The van der Waals surface area contributed by atoms with Gasteiger partial charge < -0.3 is 9.80 Å². The molecule has 1 heterocycles. The van der Waals surface area contributed by atoms with Crippen LogP contribution in [0.25, 0.3) is 0 Å². The van der Waals surface area contributed by atoms with Crippen molar-refractivity contribution in [3.05, 3.63) is 12.3 Å². The van der Waals surface area contributed by atoms with Gasteiger partial charge in [0.25, 0.3) is 0 Å². The van der Waals surface area contributed by atoms with E-state index in [2.05, 4.69) is 44.1 Å². The highest BCUT2D eigenvalue weighted by Crippen LogP contribution is 2.25. The van der Waals surface area contributed by atoms with E-state index in [4.69, 9.17) is 0 Å². The van der Waals surface area contributed by atoms with Gasteiger partial charge in [-0.25, -0.2) is 0 Å². The van der Waals surface area contributed by atoms with Crippen molar-refractivity contribution in [1.82, 2.24) is 9.80 Å². The number of hydrogen-bond acceptors (Lipinski definition) is 2. The zero-order chi connectivity index (χ0) is 12.1. The first-order valence-corrected chi connectivity index (χ1v) is 6.77. The molecule has 0 radical (unpaired) electrons. The van der Waals surface area contributed by atoms with Gasteiger partial charge in [-0.3, -0.25) is 0 Å². The Morgan fingerprint density at radius 2 is 2.00 bits per heavy atom. The van der Waals surface area contributed by atoms with E-state index in [0.29, 0.717) is 12.0 Å². The van der Waals surface area contributed by atoms with E-state index in [-0.39, 0.29) is 0 Å². The highest BCUT2D eigenvalue weighted by molar-refractivity contribution is 5.02. The van der Waals surface area contributed by atoms with Gasteiger partial charge in [-0.1, -0.05) is 6.58 Å². The highest BCUT2D eigenvalue weighted by Gasteiger charge is 2.25. The van der Waals surface area contributed by atoms with Crippen molar-refractivity contribution < 1.29 is 0 Å². The Morgan fingerprint density at radius 3 is 2.50 bits per heavy atom. The van der Waals surface area contributed by atoms with Gasteiger partial charge in [0, 0.05) is 37.3 Å². The van der Waals surface area contributed by atoms with Crippen molar-refractivity contribution in [2.45, 2.75) is 46.6 Å². The Hall–Kier alpha value is -0.500. The maximum atomic E-state index is 4.31. The number of nitrogens with zero attached hydrogens (tertiary/aromatic N) is 2. The molecule has 1 aliphatic rings. The molecule has 1 unspecified atom stereocenters. The molecule has 94 valence electrons. The first-order chi connectivity index (χ1) is 7.60. The molecule has 2 heteroatoms. The maximum Gasteiger partial charge on any atom is 0.0146 e. The molecule has 1 atom stereocenters. The number of likely N-dealkylation sites (tertiary alicyclic amines) is 1. The van der Waals surface area contributed by atoms with Crippen LogP contribution in [0.15, 0.2) is 12.3 Å². The summed E-state index contributed by atoms with van der Waals surface area (Å²) in [6.07, 6.45) is 2.64. The summed E-state index contributed by atoms with van der Waals surface area (Å²) in [5.74, 6) is 0.677. The predicted octanol–water partition coefficient (Wildman–Crippen LogP) is 2.96. The molecule has 0 bridgehead atoms. The lowest BCUT2D eigenvalue weighted by Gasteiger charge is -2.39. The third kappa shape index (κ3) is 3.24. The summed E-state index contributed by atoms with van der Waals surface area (Å²) in [5.41, 5.74) is 1.36. The predicted molar refractivity (Wildman–Crippen MR) is 71.5 cm³/mol. The van der Waals surface area contributed by atoms with Crippen molar-refractivity contribution in [2.75, 3.05) is 26.2 Å². The monoisotopic (exact) mass is 224 g/mol. The average Bonchev–Trinajstić information content (AvgIpc) is 2.30. The van der Waals surface area contributed by atoms with Gasteiger partial charge in [0.2, 0.25) is 0 Å². The van der Waals surface area contributed by atoms with Crippen molar-refractivity contribution in [1.29, 1.82) is 0 Å². The summed E-state index contributed by atoms with van der Waals surface area (Å²) >= 11 is 0. The lowest BCUT2D eigenvalue weighted by Crippen LogP contribution is -2.42. The normalized spacial score (nSPS) is 22.4. The Morgan fingerprint density at radius 1 is 1.38 bits per heavy atom. The van der Waals surface area contributed by atoms with E-state index in [1.54, 1.807) is 0 Å². The molecule has 0 aromatic heterocycles. The molecule has 0 amide bonds. The standard InChI is InChI=1S/C14H28N2/c1-6-15(7-2)13(5)14-9-8-10-16(11-14)12(3)4/h12,14H,5-11H2,1-4H3. The van der Waals surface area contributed by atoms with E-state index in [1.165, 1.54) is 31.6 Å². The van der Waals surface area contributed by atoms with Crippen LogP contribution in [-0.2, 0) is 0 Å². The molecule has 1 aliphatic heterocycles. The highest BCUT2D eigenvalue weighted by atomic mass is 15.2. The molecule has 0 aliphatic carbocycles. The van der Waals surface area contributed by atoms with Crippen LogP contribution in [-0.4, -0.2) is 42.0 Å². The largest absolute Gasteiger partial charge is 0.376 e. The van der Waals surface area contributed by atoms with Gasteiger partial charge in [0.15, 0.2) is 0 Å². The zero-order valence-electron chi connectivity index (χ0n) is 11.5. The molecule has 0 saturated carbocycles. The number of rotatable bonds is 5. The molecule has 0 N–H and O–H groups in total. The fraction of sp³-hybridized carbons (Fsp3) is 0.857. The Labute approximate surface area is 101 Å². The van der Waals surface area contributed by atoms with Crippen molar-refractivity contribution >= 4 is 0 Å². The summed E-state index contributed by atoms with van der Waals surface area (Å²) in [6.45, 7) is 18.0. The summed E-state index contributed by atoms with van der Waals surface area (Å²) in [5, 5.41) is 0. The molecule has 1 saturated heterocycles. The van der Waals surface area contributed by atoms with Crippen LogP contribution in [0.5, 0.6) is 0 Å². The third-order valence-electron chi connectivity index (χ3n) is 3.82. The molecule has 0 spiro atoms. The topological polar surface area (TPSA) is 6.48 Å². The van der Waals surface area contributed by atoms with Crippen LogP contribution in [0.4, 0.5) is 0 Å². The zero-order valence-corrected chi connectivity index (χ0v) is 11.5. The average molecular weight is 224 g/mol. The summed E-state index contributed by atoms with van der Waals surface area (Å²) in [7, 11) is 0. The molecule has 0 aromatic carbocycles. The van der Waals surface area contributed by atoms with Crippen molar-refractivity contribution in [3.8, 4) is 0 Å². The molecule has 1 rings (SSSR count). The lowest BCUT2D eigenvalue weighted by atomic mass is 9.93. The minimum absolute atomic E-state index is 0.673. The van der Waals surface area contributed by atoms with E-state index in [1.807, 2.05) is 0 Å². The maximum absolute atomic E-state index is 4.31. The van der Waals surface area contributed by atoms with Gasteiger partial charge in [-0.2, -0.15) is 0 Å². The SMILES string of the molecule is C=C(C1CCCN(C(C)C)C1)N(CC)CC. The molecular weight excluding hydrogens is 196 g/mol. The van der Waals surface area contributed by atoms with E-state index >= 15 is 0 Å². The molecule has 0 aromatic rings. The summed E-state index contributed by atoms with van der Waals surface area (Å²) in [6, 6.07) is 0.673. The molecule has 1 fully saturated rings. The van der Waals surface area contributed by atoms with Crippen LogP contribution in [0, 0.1) is 5.92 Å². The third-order valence-corrected chi connectivity index (χ3v) is 3.82. The fourth-order valence-electron chi connectivity index (χ4n) is 2.64. The van der Waals surface area contributed by atoms with Gasteiger partial charge in [-0.15, -0.1) is 0 Å². The van der Waals surface area contributed by atoms with Gasteiger partial charge in [0.05, 0.1) is 0 Å².